The van der Waals surface area contributed by atoms with Gasteiger partial charge in [0, 0.05) is 5.69 Å². The van der Waals surface area contributed by atoms with Crippen molar-refractivity contribution < 1.29 is 17.9 Å². The Kier molecular flexibility index (Phi) is 3.66. The lowest BCUT2D eigenvalue weighted by molar-refractivity contribution is -0.0498. The van der Waals surface area contributed by atoms with E-state index in [-0.39, 0.29) is 5.75 Å². The number of nitrogens with one attached hydrogen (secondary N) is 1. The second-order valence-corrected chi connectivity index (χ2v) is 3.37. The molecule has 0 aliphatic carbocycles. The standard InChI is InChI=1S/C12H9F3N2O/c13-10-2-1-3-11(17-10)16-8-4-6-9(7-5-8)18-12(14)15/h1-7,12H,(H,16,17). The van der Waals surface area contributed by atoms with Crippen LogP contribution in [-0.2, 0) is 0 Å². The smallest absolute Gasteiger partial charge is 0.387 e. The second-order valence-electron chi connectivity index (χ2n) is 3.37. The average Bonchev–Trinajstić information content (AvgIpc) is 2.31. The monoisotopic (exact) mass is 254 g/mol. The first kappa shape index (κ1) is 12.2. The summed E-state index contributed by atoms with van der Waals surface area (Å²) in [7, 11) is 0. The molecule has 0 aliphatic heterocycles. The maximum Gasteiger partial charge on any atom is 0.387 e. The lowest BCUT2D eigenvalue weighted by Gasteiger charge is -2.07. The van der Waals surface area contributed by atoms with Gasteiger partial charge < -0.3 is 10.1 Å². The molecule has 0 radical (unpaired) electrons. The quantitative estimate of drug-likeness (QED) is 0.847. The Hall–Kier alpha value is -2.24. The summed E-state index contributed by atoms with van der Waals surface area (Å²) in [4.78, 5) is 3.61. The third kappa shape index (κ3) is 3.38. The van der Waals surface area contributed by atoms with Crippen LogP contribution in [0, 0.1) is 5.95 Å². The molecule has 1 heterocycles. The van der Waals surface area contributed by atoms with Crippen molar-refractivity contribution in [3.05, 3.63) is 48.4 Å². The Balaban J connectivity index is 2.06. The lowest BCUT2D eigenvalue weighted by atomic mass is 10.3. The molecule has 1 N–H and O–H groups in total. The highest BCUT2D eigenvalue weighted by atomic mass is 19.3. The fourth-order valence-corrected chi connectivity index (χ4v) is 1.35. The van der Waals surface area contributed by atoms with Crippen LogP contribution in [-0.4, -0.2) is 11.6 Å². The maximum atomic E-state index is 12.8. The molecule has 0 amide bonds. The van der Waals surface area contributed by atoms with E-state index in [2.05, 4.69) is 15.0 Å². The minimum atomic E-state index is -2.85. The van der Waals surface area contributed by atoms with Gasteiger partial charge in [0.15, 0.2) is 0 Å². The fraction of sp³-hybridized carbons (Fsp3) is 0.0833. The fourth-order valence-electron chi connectivity index (χ4n) is 1.35. The van der Waals surface area contributed by atoms with Gasteiger partial charge in [-0.3, -0.25) is 0 Å². The minimum absolute atomic E-state index is 0.0581. The molecule has 0 saturated heterocycles. The summed E-state index contributed by atoms with van der Waals surface area (Å²) < 4.78 is 40.9. The van der Waals surface area contributed by atoms with Gasteiger partial charge >= 0.3 is 6.61 Å². The zero-order chi connectivity index (χ0) is 13.0. The average molecular weight is 254 g/mol. The summed E-state index contributed by atoms with van der Waals surface area (Å²) in [5, 5.41) is 2.83. The molecule has 0 saturated carbocycles. The summed E-state index contributed by atoms with van der Waals surface area (Å²) in [5.41, 5.74) is 0.592. The van der Waals surface area contributed by atoms with E-state index in [1.165, 1.54) is 36.4 Å². The predicted octanol–water partition coefficient (Wildman–Crippen LogP) is 3.57. The highest BCUT2D eigenvalue weighted by Crippen LogP contribution is 2.20. The molecular weight excluding hydrogens is 245 g/mol. The van der Waals surface area contributed by atoms with E-state index in [4.69, 9.17) is 0 Å². The van der Waals surface area contributed by atoms with E-state index < -0.39 is 12.6 Å². The number of aromatic nitrogens is 1. The molecule has 2 aromatic rings. The first-order valence-electron chi connectivity index (χ1n) is 5.08. The van der Waals surface area contributed by atoms with Crippen LogP contribution in [0.2, 0.25) is 0 Å². The summed E-state index contributed by atoms with van der Waals surface area (Å²) in [6.07, 6.45) is 0. The Morgan fingerprint density at radius 3 is 2.39 bits per heavy atom. The van der Waals surface area contributed by atoms with Crippen LogP contribution in [0.5, 0.6) is 5.75 Å². The van der Waals surface area contributed by atoms with Crippen LogP contribution in [0.25, 0.3) is 0 Å². The van der Waals surface area contributed by atoms with Crippen LogP contribution in [0.3, 0.4) is 0 Å². The third-order valence-electron chi connectivity index (χ3n) is 2.07. The van der Waals surface area contributed by atoms with Gasteiger partial charge in [-0.15, -0.1) is 0 Å². The van der Waals surface area contributed by atoms with Gasteiger partial charge in [0.05, 0.1) is 0 Å². The van der Waals surface area contributed by atoms with Crippen molar-refractivity contribution in [1.29, 1.82) is 0 Å². The summed E-state index contributed by atoms with van der Waals surface area (Å²) >= 11 is 0. The Labute approximate surface area is 101 Å². The van der Waals surface area contributed by atoms with Crippen molar-refractivity contribution in [3.63, 3.8) is 0 Å². The van der Waals surface area contributed by atoms with Crippen LogP contribution < -0.4 is 10.1 Å². The van der Waals surface area contributed by atoms with Crippen molar-refractivity contribution in [2.45, 2.75) is 6.61 Å². The summed E-state index contributed by atoms with van der Waals surface area (Å²) in [5.74, 6) is -0.210. The highest BCUT2D eigenvalue weighted by molar-refractivity contribution is 5.56. The van der Waals surface area contributed by atoms with Gasteiger partial charge in [0.1, 0.15) is 11.6 Å². The molecule has 1 aromatic heterocycles. The number of anilines is 2. The van der Waals surface area contributed by atoms with Crippen LogP contribution in [0.4, 0.5) is 24.7 Å². The molecule has 0 aliphatic rings. The number of rotatable bonds is 4. The number of benzene rings is 1. The molecule has 2 rings (SSSR count). The number of alkyl halides is 2. The molecule has 18 heavy (non-hydrogen) atoms. The lowest BCUT2D eigenvalue weighted by Crippen LogP contribution is -2.01. The molecule has 0 spiro atoms. The molecule has 1 aromatic carbocycles. The molecule has 6 heteroatoms. The molecule has 0 fully saturated rings. The van der Waals surface area contributed by atoms with Crippen molar-refractivity contribution in [3.8, 4) is 5.75 Å². The van der Waals surface area contributed by atoms with Crippen LogP contribution in [0.15, 0.2) is 42.5 Å². The Bertz CT molecular complexity index is 517. The van der Waals surface area contributed by atoms with E-state index in [1.54, 1.807) is 6.07 Å². The van der Waals surface area contributed by atoms with Crippen molar-refractivity contribution in [2.75, 3.05) is 5.32 Å². The molecule has 94 valence electrons. The van der Waals surface area contributed by atoms with E-state index in [9.17, 15) is 13.2 Å². The number of pyridine rings is 1. The van der Waals surface area contributed by atoms with Gasteiger partial charge in [0.25, 0.3) is 0 Å². The van der Waals surface area contributed by atoms with Crippen molar-refractivity contribution >= 4 is 11.5 Å². The number of ether oxygens (including phenoxy) is 1. The van der Waals surface area contributed by atoms with Crippen molar-refractivity contribution in [2.24, 2.45) is 0 Å². The number of halogens is 3. The highest BCUT2D eigenvalue weighted by Gasteiger charge is 2.04. The predicted molar refractivity (Wildman–Crippen MR) is 60.6 cm³/mol. The molecular formula is C12H9F3N2O. The SMILES string of the molecule is Fc1cccc(Nc2ccc(OC(F)F)cc2)n1. The van der Waals surface area contributed by atoms with E-state index in [1.807, 2.05) is 0 Å². The molecule has 3 nitrogen and oxygen atoms in total. The first-order valence-corrected chi connectivity index (χ1v) is 5.08. The van der Waals surface area contributed by atoms with Crippen LogP contribution >= 0.6 is 0 Å². The maximum absolute atomic E-state index is 12.8. The van der Waals surface area contributed by atoms with E-state index >= 15 is 0 Å². The van der Waals surface area contributed by atoms with E-state index in [0.717, 1.165) is 0 Å². The largest absolute Gasteiger partial charge is 0.435 e. The van der Waals surface area contributed by atoms with Gasteiger partial charge in [-0.05, 0) is 36.4 Å². The van der Waals surface area contributed by atoms with Gasteiger partial charge in [-0.2, -0.15) is 13.2 Å². The van der Waals surface area contributed by atoms with E-state index in [0.29, 0.717) is 11.5 Å². The molecule has 0 atom stereocenters. The van der Waals surface area contributed by atoms with Gasteiger partial charge in [-0.25, -0.2) is 4.98 Å². The van der Waals surface area contributed by atoms with Gasteiger partial charge in [-0.1, -0.05) is 6.07 Å². The third-order valence-corrected chi connectivity index (χ3v) is 2.07. The van der Waals surface area contributed by atoms with Gasteiger partial charge in [0.2, 0.25) is 5.95 Å². The topological polar surface area (TPSA) is 34.1 Å². The number of hydrogen-bond donors (Lipinski definition) is 1. The zero-order valence-electron chi connectivity index (χ0n) is 9.11. The Morgan fingerprint density at radius 2 is 1.78 bits per heavy atom. The molecule has 0 unspecified atom stereocenters. The number of nitrogens with zero attached hydrogens (tertiary/aromatic N) is 1. The zero-order valence-corrected chi connectivity index (χ0v) is 9.11. The first-order chi connectivity index (χ1) is 8.63. The summed E-state index contributed by atoms with van der Waals surface area (Å²) in [6, 6.07) is 10.2. The van der Waals surface area contributed by atoms with Crippen LogP contribution in [0.1, 0.15) is 0 Å². The normalized spacial score (nSPS) is 10.4. The summed E-state index contributed by atoms with van der Waals surface area (Å²) in [6.45, 7) is -2.85. The number of hydrogen-bond acceptors (Lipinski definition) is 3. The van der Waals surface area contributed by atoms with Crippen molar-refractivity contribution in [1.82, 2.24) is 4.98 Å². The second kappa shape index (κ2) is 5.39. The molecule has 0 bridgehead atoms. The minimum Gasteiger partial charge on any atom is -0.435 e. The Morgan fingerprint density at radius 1 is 1.06 bits per heavy atom.